The zero-order chi connectivity index (χ0) is 20.3. The number of rotatable bonds is 8. The van der Waals surface area contributed by atoms with Gasteiger partial charge in [-0.05, 0) is 26.3 Å². The Morgan fingerprint density at radius 3 is 2.97 bits per heavy atom. The van der Waals surface area contributed by atoms with Crippen molar-refractivity contribution in [3.63, 3.8) is 0 Å². The van der Waals surface area contributed by atoms with Gasteiger partial charge in [-0.15, -0.1) is 11.3 Å². The number of fused-ring (bicyclic) bond motifs is 1. The minimum absolute atomic E-state index is 0.107. The summed E-state index contributed by atoms with van der Waals surface area (Å²) in [5, 5.41) is 6.60. The van der Waals surface area contributed by atoms with Gasteiger partial charge < -0.3 is 14.6 Å². The highest BCUT2D eigenvalue weighted by Gasteiger charge is 2.36. The number of hydrogen-bond donors (Lipinski definition) is 1. The van der Waals surface area contributed by atoms with Crippen LogP contribution < -0.4 is 5.32 Å². The van der Waals surface area contributed by atoms with Gasteiger partial charge in [-0.3, -0.25) is 4.90 Å². The number of methoxy groups -OCH3 is 1. The van der Waals surface area contributed by atoms with Gasteiger partial charge in [0.15, 0.2) is 11.5 Å². The summed E-state index contributed by atoms with van der Waals surface area (Å²) >= 11 is 1.72. The van der Waals surface area contributed by atoms with Crippen molar-refractivity contribution >= 4 is 28.3 Å². The SMILES string of the molecule is CCn1cnc2c(NCCOC)nc(C3(C)CCCN(Cc4nccs4)C3)nc21. The smallest absolute Gasteiger partial charge is 0.165 e. The minimum Gasteiger partial charge on any atom is -0.383 e. The third-order valence-electron chi connectivity index (χ3n) is 5.56. The fraction of sp³-hybridized carbons (Fsp3) is 0.600. The molecule has 1 fully saturated rings. The standard InChI is InChI=1S/C20H29N7OS/c1-4-27-14-23-16-17(22-7-10-28-3)24-19(25-18(16)27)20(2)6-5-9-26(13-20)12-15-21-8-11-29-15/h8,11,14H,4-7,9-10,12-13H2,1-3H3,(H,22,24,25). The first-order valence-electron chi connectivity index (χ1n) is 10.2. The van der Waals surface area contributed by atoms with Crippen molar-refractivity contribution in [2.75, 3.05) is 38.7 Å². The Labute approximate surface area is 175 Å². The van der Waals surface area contributed by atoms with Crippen LogP contribution in [0.5, 0.6) is 0 Å². The molecule has 1 aliphatic heterocycles. The molecule has 1 aliphatic rings. The first-order valence-corrected chi connectivity index (χ1v) is 11.1. The number of nitrogens with one attached hydrogen (secondary N) is 1. The largest absolute Gasteiger partial charge is 0.383 e. The average molecular weight is 416 g/mol. The molecule has 0 aromatic carbocycles. The molecule has 156 valence electrons. The predicted octanol–water partition coefficient (Wildman–Crippen LogP) is 2.91. The predicted molar refractivity (Wildman–Crippen MR) is 115 cm³/mol. The number of likely N-dealkylation sites (tertiary alicyclic amines) is 1. The van der Waals surface area contributed by atoms with Gasteiger partial charge in [0.25, 0.3) is 0 Å². The molecule has 0 radical (unpaired) electrons. The number of thiazole rings is 1. The molecule has 9 heteroatoms. The first-order chi connectivity index (χ1) is 14.1. The second kappa shape index (κ2) is 8.73. The maximum Gasteiger partial charge on any atom is 0.165 e. The van der Waals surface area contributed by atoms with E-state index >= 15 is 0 Å². The lowest BCUT2D eigenvalue weighted by molar-refractivity contribution is 0.144. The molecule has 1 N–H and O–H groups in total. The second-order valence-electron chi connectivity index (χ2n) is 7.82. The Morgan fingerprint density at radius 2 is 2.21 bits per heavy atom. The van der Waals surface area contributed by atoms with Crippen LogP contribution in [0.25, 0.3) is 11.2 Å². The quantitative estimate of drug-likeness (QED) is 0.567. The maximum atomic E-state index is 5.19. The lowest BCUT2D eigenvalue weighted by atomic mass is 9.81. The number of aromatic nitrogens is 5. The molecule has 1 saturated heterocycles. The monoisotopic (exact) mass is 415 g/mol. The number of piperidine rings is 1. The molecule has 0 amide bonds. The third kappa shape index (κ3) is 4.26. The van der Waals surface area contributed by atoms with Crippen LogP contribution in [0.4, 0.5) is 5.82 Å². The van der Waals surface area contributed by atoms with Crippen molar-refractivity contribution in [3.05, 3.63) is 28.7 Å². The highest BCUT2D eigenvalue weighted by molar-refractivity contribution is 7.09. The summed E-state index contributed by atoms with van der Waals surface area (Å²) in [4.78, 5) is 21.4. The molecular weight excluding hydrogens is 386 g/mol. The number of nitrogens with zero attached hydrogens (tertiary/aromatic N) is 6. The van der Waals surface area contributed by atoms with Gasteiger partial charge in [0.1, 0.15) is 16.3 Å². The topological polar surface area (TPSA) is 81.0 Å². The molecule has 0 saturated carbocycles. The highest BCUT2D eigenvalue weighted by Crippen LogP contribution is 2.34. The highest BCUT2D eigenvalue weighted by atomic mass is 32.1. The van der Waals surface area contributed by atoms with E-state index in [0.717, 1.165) is 66.8 Å². The number of aryl methyl sites for hydroxylation is 1. The fourth-order valence-corrected chi connectivity index (χ4v) is 4.68. The van der Waals surface area contributed by atoms with Crippen LogP contribution in [0, 0.1) is 0 Å². The van der Waals surface area contributed by atoms with E-state index < -0.39 is 0 Å². The summed E-state index contributed by atoms with van der Waals surface area (Å²) < 4.78 is 7.27. The number of imidazole rings is 1. The maximum absolute atomic E-state index is 5.19. The molecule has 4 heterocycles. The van der Waals surface area contributed by atoms with Crippen molar-refractivity contribution in [3.8, 4) is 0 Å². The Bertz CT molecular complexity index is 942. The summed E-state index contributed by atoms with van der Waals surface area (Å²) in [5.41, 5.74) is 1.62. The molecule has 8 nitrogen and oxygen atoms in total. The molecule has 0 bridgehead atoms. The molecule has 1 atom stereocenters. The molecule has 0 aliphatic carbocycles. The van der Waals surface area contributed by atoms with Crippen LogP contribution in [-0.2, 0) is 23.2 Å². The molecule has 3 aromatic heterocycles. The van der Waals surface area contributed by atoms with Gasteiger partial charge in [-0.25, -0.2) is 19.9 Å². The van der Waals surface area contributed by atoms with Crippen molar-refractivity contribution in [1.29, 1.82) is 0 Å². The Balaban J connectivity index is 1.65. The van der Waals surface area contributed by atoms with Gasteiger partial charge in [0.2, 0.25) is 0 Å². The van der Waals surface area contributed by atoms with E-state index in [9.17, 15) is 0 Å². The second-order valence-corrected chi connectivity index (χ2v) is 8.80. The molecule has 4 rings (SSSR count). The summed E-state index contributed by atoms with van der Waals surface area (Å²) in [6.45, 7) is 9.44. The lowest BCUT2D eigenvalue weighted by Crippen LogP contribution is -2.45. The van der Waals surface area contributed by atoms with E-state index in [0.29, 0.717) is 13.2 Å². The first kappa shape index (κ1) is 20.2. The van der Waals surface area contributed by atoms with Crippen molar-refractivity contribution in [2.24, 2.45) is 0 Å². The van der Waals surface area contributed by atoms with E-state index in [2.05, 4.69) is 38.6 Å². The van der Waals surface area contributed by atoms with Gasteiger partial charge in [-0.2, -0.15) is 0 Å². The van der Waals surface area contributed by atoms with Gasteiger partial charge in [0.05, 0.1) is 19.5 Å². The van der Waals surface area contributed by atoms with Gasteiger partial charge in [-0.1, -0.05) is 6.92 Å². The Kier molecular flexibility index (Phi) is 6.07. The van der Waals surface area contributed by atoms with E-state index in [1.165, 1.54) is 0 Å². The molecule has 29 heavy (non-hydrogen) atoms. The van der Waals surface area contributed by atoms with E-state index in [-0.39, 0.29) is 5.41 Å². The lowest BCUT2D eigenvalue weighted by Gasteiger charge is -2.39. The zero-order valence-corrected chi connectivity index (χ0v) is 18.2. The van der Waals surface area contributed by atoms with Crippen LogP contribution in [0.15, 0.2) is 17.9 Å². The van der Waals surface area contributed by atoms with Crippen molar-refractivity contribution in [1.82, 2.24) is 29.4 Å². The van der Waals surface area contributed by atoms with E-state index in [4.69, 9.17) is 14.7 Å². The van der Waals surface area contributed by atoms with E-state index in [1.807, 2.05) is 17.9 Å². The summed E-state index contributed by atoms with van der Waals surface area (Å²) in [7, 11) is 1.70. The number of ether oxygens (including phenoxy) is 1. The summed E-state index contributed by atoms with van der Waals surface area (Å²) in [5.74, 6) is 1.69. The molecule has 1 unspecified atom stereocenters. The molecule has 0 spiro atoms. The Morgan fingerprint density at radius 1 is 1.31 bits per heavy atom. The van der Waals surface area contributed by atoms with Crippen LogP contribution in [0.2, 0.25) is 0 Å². The average Bonchev–Trinajstić information content (AvgIpc) is 3.37. The summed E-state index contributed by atoms with van der Waals surface area (Å²) in [6, 6.07) is 0. The Hall–Kier alpha value is -2.10. The fourth-order valence-electron chi connectivity index (χ4n) is 4.02. The zero-order valence-electron chi connectivity index (χ0n) is 17.4. The third-order valence-corrected chi connectivity index (χ3v) is 6.33. The summed E-state index contributed by atoms with van der Waals surface area (Å²) in [6.07, 6.45) is 5.93. The van der Waals surface area contributed by atoms with Crippen LogP contribution >= 0.6 is 11.3 Å². The number of hydrogen-bond acceptors (Lipinski definition) is 8. The normalized spacial score (nSPS) is 20.4. The van der Waals surface area contributed by atoms with E-state index in [1.54, 1.807) is 18.4 Å². The van der Waals surface area contributed by atoms with Crippen molar-refractivity contribution < 1.29 is 4.74 Å². The van der Waals surface area contributed by atoms with Gasteiger partial charge >= 0.3 is 0 Å². The minimum atomic E-state index is -0.107. The van der Waals surface area contributed by atoms with Gasteiger partial charge in [0, 0.05) is 43.7 Å². The number of anilines is 1. The van der Waals surface area contributed by atoms with Crippen LogP contribution in [-0.4, -0.2) is 62.8 Å². The van der Waals surface area contributed by atoms with Crippen LogP contribution in [0.1, 0.15) is 37.5 Å². The van der Waals surface area contributed by atoms with Crippen molar-refractivity contribution in [2.45, 2.75) is 45.2 Å². The molecule has 3 aromatic rings. The van der Waals surface area contributed by atoms with Crippen LogP contribution in [0.3, 0.4) is 0 Å². The molecular formula is C20H29N7OS.